The average molecular weight is 1110 g/mol. The maximum absolute atomic E-state index is 13.8. The standard InChI is InChI=1S/C23H29N5O4S.C22H26N4O3.C9H11NO4S.CH4/c1-13-8-9-18(26-33(5,31)32)17(11-13)23(30)27-10-6-7-14(2)21(27)19-12-20-24-16(4)15(3)22(29)28(20)25-19;1-14-8-7-11-25(22(28)29-13-17-9-5-4-6-10-17)20(14)18-12-19-23-16(3)15(2)21(27)26(19)24-18;1-6-3-4-8(10-15(2,13)14)7(5-6)9(11)12;/h8-9,11-12,14,21,25-26H,6-7,10H2,1-5H3;4-6,9-10,12,14,20,24H,7-8,11,13H2,1-3H3;3-5,10H,1-2H3,(H,11,12);1H4. The Morgan fingerprint density at radius 1 is 0.654 bits per heavy atom. The summed E-state index contributed by atoms with van der Waals surface area (Å²) in [6, 6.07) is 22.4. The van der Waals surface area contributed by atoms with E-state index in [2.05, 4.69) is 43.5 Å². The average Bonchev–Trinajstić information content (AvgIpc) is 4.05. The van der Waals surface area contributed by atoms with Crippen LogP contribution >= 0.6 is 0 Å². The van der Waals surface area contributed by atoms with Crippen molar-refractivity contribution in [3.05, 3.63) is 161 Å². The number of piperidine rings is 2. The van der Waals surface area contributed by atoms with E-state index in [0.717, 1.165) is 72.0 Å². The number of aromatic amines is 2. The molecule has 0 radical (unpaired) electrons. The van der Waals surface area contributed by atoms with Gasteiger partial charge >= 0.3 is 12.1 Å². The van der Waals surface area contributed by atoms with E-state index in [9.17, 15) is 40.8 Å². The Morgan fingerprint density at radius 2 is 1.09 bits per heavy atom. The molecular weight excluding hydrogens is 1040 g/mol. The maximum Gasteiger partial charge on any atom is 0.410 e. The van der Waals surface area contributed by atoms with Crippen molar-refractivity contribution in [3.63, 3.8) is 0 Å². The summed E-state index contributed by atoms with van der Waals surface area (Å²) in [6.07, 6.45) is 5.38. The monoisotopic (exact) mass is 1110 g/mol. The summed E-state index contributed by atoms with van der Waals surface area (Å²) in [4.78, 5) is 75.4. The van der Waals surface area contributed by atoms with Gasteiger partial charge in [-0.05, 0) is 109 Å². The minimum absolute atomic E-state index is 0. The highest BCUT2D eigenvalue weighted by Gasteiger charge is 2.37. The normalized spacial score (nSPS) is 17.5. The Balaban J connectivity index is 0.000000201. The molecular formula is C55H70N10O11S2. The minimum Gasteiger partial charge on any atom is -0.478 e. The number of aryl methyl sites for hydroxylation is 4. The molecule has 2 amide bonds. The lowest BCUT2D eigenvalue weighted by Gasteiger charge is -2.39. The van der Waals surface area contributed by atoms with Crippen LogP contribution in [0.5, 0.6) is 0 Å². The first-order chi connectivity index (χ1) is 36.2. The van der Waals surface area contributed by atoms with Gasteiger partial charge in [0.15, 0.2) is 11.3 Å². The molecule has 0 spiro atoms. The maximum atomic E-state index is 13.8. The van der Waals surface area contributed by atoms with E-state index in [1.54, 1.807) is 61.8 Å². The van der Waals surface area contributed by atoms with Crippen LogP contribution in [-0.4, -0.2) is 105 Å². The zero-order valence-electron chi connectivity index (χ0n) is 44.8. The molecule has 23 heteroatoms. The fraction of sp³-hybridized carbons (Fsp3) is 0.400. The topological polar surface area (TPSA) is 280 Å². The third kappa shape index (κ3) is 13.8. The number of hydrogen-bond donors (Lipinski definition) is 5. The van der Waals surface area contributed by atoms with Gasteiger partial charge in [0.25, 0.3) is 17.0 Å². The highest BCUT2D eigenvalue weighted by Crippen LogP contribution is 2.38. The van der Waals surface area contributed by atoms with Crippen LogP contribution in [0.2, 0.25) is 0 Å². The van der Waals surface area contributed by atoms with Gasteiger partial charge in [0.1, 0.15) is 6.61 Å². The van der Waals surface area contributed by atoms with E-state index in [1.807, 2.05) is 56.3 Å². The second-order valence-electron chi connectivity index (χ2n) is 20.1. The number of ether oxygens (including phenoxy) is 1. The molecule has 2 saturated heterocycles. The van der Waals surface area contributed by atoms with E-state index in [4.69, 9.17) is 9.84 Å². The van der Waals surface area contributed by atoms with Crippen molar-refractivity contribution in [1.82, 2.24) is 39.0 Å². The lowest BCUT2D eigenvalue weighted by atomic mass is 9.88. The van der Waals surface area contributed by atoms with E-state index < -0.39 is 26.0 Å². The van der Waals surface area contributed by atoms with E-state index in [-0.39, 0.29) is 78.0 Å². The van der Waals surface area contributed by atoms with Gasteiger partial charge in [0, 0.05) is 47.7 Å². The number of carbonyl (C=O) groups is 3. The number of carboxylic acids is 1. The third-order valence-corrected chi connectivity index (χ3v) is 15.0. The molecule has 0 saturated carbocycles. The summed E-state index contributed by atoms with van der Waals surface area (Å²) in [7, 11) is -7.02. The van der Waals surface area contributed by atoms with Crippen LogP contribution in [0.3, 0.4) is 0 Å². The van der Waals surface area contributed by atoms with Gasteiger partial charge in [-0.1, -0.05) is 74.9 Å². The van der Waals surface area contributed by atoms with E-state index >= 15 is 0 Å². The van der Waals surface area contributed by atoms with Gasteiger partial charge in [-0.15, -0.1) is 0 Å². The number of hydrogen-bond acceptors (Lipinski definition) is 12. The number of aromatic carboxylic acids is 1. The smallest absolute Gasteiger partial charge is 0.410 e. The molecule has 418 valence electrons. The zero-order valence-corrected chi connectivity index (χ0v) is 46.4. The second-order valence-corrected chi connectivity index (χ2v) is 23.6. The number of fused-ring (bicyclic) bond motifs is 2. The van der Waals surface area contributed by atoms with E-state index in [1.165, 1.54) is 21.2 Å². The van der Waals surface area contributed by atoms with Crippen LogP contribution in [-0.2, 0) is 31.4 Å². The summed E-state index contributed by atoms with van der Waals surface area (Å²) in [6.45, 7) is 16.3. The summed E-state index contributed by atoms with van der Waals surface area (Å²) in [5.41, 5.74) is 8.08. The predicted molar refractivity (Wildman–Crippen MR) is 300 cm³/mol. The van der Waals surface area contributed by atoms with Crippen LogP contribution < -0.4 is 20.6 Å². The number of aromatic nitrogens is 6. The summed E-state index contributed by atoms with van der Waals surface area (Å²) < 4.78 is 58.8. The Hall–Kier alpha value is -7.79. The number of carboxylic acid groups (broad SMARTS) is 1. The number of benzene rings is 3. The highest BCUT2D eigenvalue weighted by atomic mass is 32.2. The highest BCUT2D eigenvalue weighted by molar-refractivity contribution is 7.92. The van der Waals surface area contributed by atoms with Gasteiger partial charge in [0.05, 0.1) is 58.5 Å². The number of rotatable bonds is 10. The minimum atomic E-state index is -3.56. The summed E-state index contributed by atoms with van der Waals surface area (Å²) in [5.74, 6) is -1.05. The molecule has 4 aromatic heterocycles. The fourth-order valence-corrected chi connectivity index (χ4v) is 10.9. The first-order valence-corrected chi connectivity index (χ1v) is 28.9. The SMILES string of the molecule is C.Cc1ccc(NS(C)(=O)=O)c(C(=O)N2CCCC(C)C2c2cc3nc(C)c(C)c(=O)n3[nH]2)c1.Cc1ccc(NS(C)(=O)=O)c(C(=O)O)c1.Cc1nc2cc(C3C(C)CCCN3C(=O)OCc3ccccc3)[nH]n2c(=O)c1C. The van der Waals surface area contributed by atoms with Crippen molar-refractivity contribution < 1.29 is 41.1 Å². The number of H-pyrrole nitrogens is 2. The number of nitrogens with zero attached hydrogens (tertiary/aromatic N) is 6. The Kier molecular flexibility index (Phi) is 18.5. The molecule has 5 N–H and O–H groups in total. The van der Waals surface area contributed by atoms with Gasteiger partial charge in [0.2, 0.25) is 20.0 Å². The van der Waals surface area contributed by atoms with Crippen LogP contribution in [0, 0.1) is 53.4 Å². The van der Waals surface area contributed by atoms with Crippen molar-refractivity contribution in [2.45, 2.75) is 107 Å². The first-order valence-electron chi connectivity index (χ1n) is 25.1. The fourth-order valence-electron chi connectivity index (χ4n) is 9.74. The molecule has 2 aliphatic rings. The number of anilines is 2. The predicted octanol–water partition coefficient (Wildman–Crippen LogP) is 8.38. The van der Waals surface area contributed by atoms with Crippen molar-refractivity contribution in [1.29, 1.82) is 0 Å². The van der Waals surface area contributed by atoms with Crippen molar-refractivity contribution in [3.8, 4) is 0 Å². The second kappa shape index (κ2) is 24.3. The molecule has 0 bridgehead atoms. The Morgan fingerprint density at radius 3 is 1.55 bits per heavy atom. The molecule has 9 rings (SSSR count). The lowest BCUT2D eigenvalue weighted by Crippen LogP contribution is -2.42. The van der Waals surface area contributed by atoms with Crippen LogP contribution in [0.1, 0.15) is 130 Å². The van der Waals surface area contributed by atoms with E-state index in [0.29, 0.717) is 46.8 Å². The molecule has 4 atom stereocenters. The molecule has 78 heavy (non-hydrogen) atoms. The number of carbonyl (C=O) groups excluding carboxylic acids is 2. The number of amides is 2. The number of sulfonamides is 2. The summed E-state index contributed by atoms with van der Waals surface area (Å²) >= 11 is 0. The Bertz CT molecular complexity index is 3720. The largest absolute Gasteiger partial charge is 0.478 e. The van der Waals surface area contributed by atoms with Gasteiger partial charge in [-0.2, -0.15) is 0 Å². The van der Waals surface area contributed by atoms with Crippen molar-refractivity contribution in [2.75, 3.05) is 35.0 Å². The molecule has 4 unspecified atom stereocenters. The van der Waals surface area contributed by atoms with Crippen LogP contribution in [0.4, 0.5) is 16.2 Å². The molecule has 2 aliphatic heterocycles. The Labute approximate surface area is 454 Å². The van der Waals surface area contributed by atoms with Crippen molar-refractivity contribution in [2.24, 2.45) is 11.8 Å². The quantitative estimate of drug-likeness (QED) is 0.0862. The number of nitrogens with one attached hydrogen (secondary N) is 4. The molecule has 0 aliphatic carbocycles. The summed E-state index contributed by atoms with van der Waals surface area (Å²) in [5, 5.41) is 15.2. The lowest BCUT2D eigenvalue weighted by molar-refractivity contribution is 0.0498. The van der Waals surface area contributed by atoms with Crippen molar-refractivity contribution >= 4 is 60.7 Å². The number of likely N-dealkylation sites (tertiary alicyclic amines) is 2. The first kappa shape index (κ1) is 59.5. The van der Waals surface area contributed by atoms with Gasteiger partial charge in [-0.25, -0.2) is 45.4 Å². The molecule has 3 aromatic carbocycles. The van der Waals surface area contributed by atoms with Gasteiger partial charge in [-0.3, -0.25) is 38.9 Å². The van der Waals surface area contributed by atoms with Gasteiger partial charge < -0.3 is 14.7 Å². The molecule has 6 heterocycles. The zero-order chi connectivity index (χ0) is 56.3. The van der Waals surface area contributed by atoms with Crippen LogP contribution in [0.25, 0.3) is 11.3 Å². The third-order valence-electron chi connectivity index (χ3n) is 13.8. The van der Waals surface area contributed by atoms with Crippen LogP contribution in [0.15, 0.2) is 88.5 Å². The molecule has 21 nitrogen and oxygen atoms in total. The molecule has 7 aromatic rings. The molecule has 2 fully saturated rings.